The van der Waals surface area contributed by atoms with Crippen LogP contribution in [0.4, 0.5) is 0 Å². The predicted octanol–water partition coefficient (Wildman–Crippen LogP) is 2.67. The van der Waals surface area contributed by atoms with Gasteiger partial charge in [0.25, 0.3) is 0 Å². The van der Waals surface area contributed by atoms with Crippen LogP contribution in [0, 0.1) is 11.8 Å². The van der Waals surface area contributed by atoms with E-state index in [0.717, 1.165) is 25.7 Å². The van der Waals surface area contributed by atoms with E-state index in [9.17, 15) is 9.90 Å². The quantitative estimate of drug-likeness (QED) is 0.697. The number of carboxylic acid groups (broad SMARTS) is 1. The largest absolute Gasteiger partial charge is 0.481 e. The maximum Gasteiger partial charge on any atom is 0.306 e. The van der Waals surface area contributed by atoms with Gasteiger partial charge in [0.1, 0.15) is 0 Å². The van der Waals surface area contributed by atoms with Crippen LogP contribution in [-0.4, -0.2) is 28.8 Å². The molecule has 0 spiro atoms. The highest BCUT2D eigenvalue weighted by molar-refractivity contribution is 7.80. The summed E-state index contributed by atoms with van der Waals surface area (Å²) in [5, 5.41) is 16.6. The summed E-state index contributed by atoms with van der Waals surface area (Å²) in [7, 11) is 0. The molecule has 0 heterocycles. The first-order valence-electron chi connectivity index (χ1n) is 7.94. The molecule has 0 aromatic carbocycles. The minimum atomic E-state index is -0.650. The van der Waals surface area contributed by atoms with Gasteiger partial charge in [0.15, 0.2) is 5.11 Å². The number of carboxylic acids is 1. The fourth-order valence-electron chi connectivity index (χ4n) is 3.48. The molecule has 2 atom stereocenters. The maximum absolute atomic E-state index is 11.3. The van der Waals surface area contributed by atoms with Crippen molar-refractivity contribution in [1.29, 1.82) is 0 Å². The molecule has 2 fully saturated rings. The fourth-order valence-corrected chi connectivity index (χ4v) is 3.73. The van der Waals surface area contributed by atoms with Crippen LogP contribution in [0.25, 0.3) is 0 Å². The molecule has 0 saturated heterocycles. The smallest absolute Gasteiger partial charge is 0.306 e. The first-order chi connectivity index (χ1) is 9.66. The van der Waals surface area contributed by atoms with Crippen molar-refractivity contribution in [2.24, 2.45) is 11.8 Å². The first-order valence-corrected chi connectivity index (χ1v) is 8.35. The van der Waals surface area contributed by atoms with Crippen LogP contribution < -0.4 is 10.6 Å². The van der Waals surface area contributed by atoms with Crippen molar-refractivity contribution < 1.29 is 9.90 Å². The Labute approximate surface area is 126 Å². The lowest BCUT2D eigenvalue weighted by Gasteiger charge is -2.30. The first kappa shape index (κ1) is 15.5. The van der Waals surface area contributed by atoms with E-state index in [1.54, 1.807) is 0 Å². The van der Waals surface area contributed by atoms with Crippen LogP contribution in [0.2, 0.25) is 0 Å². The van der Waals surface area contributed by atoms with E-state index in [1.165, 1.54) is 32.1 Å². The molecular formula is C15H26N2O2S. The molecule has 0 unspecified atom stereocenters. The molecule has 4 nitrogen and oxygen atoms in total. The van der Waals surface area contributed by atoms with Crippen LogP contribution >= 0.6 is 12.2 Å². The number of carbonyl (C=O) groups is 1. The Hall–Kier alpha value is -0.840. The molecule has 20 heavy (non-hydrogen) atoms. The Kier molecular flexibility index (Phi) is 6.07. The SMILES string of the molecule is O=C(O)[C@H]1CCCC[C@H]1CNC(=S)NC1CCCCC1. The molecule has 0 aromatic heterocycles. The van der Waals surface area contributed by atoms with Gasteiger partial charge in [0, 0.05) is 12.6 Å². The third kappa shape index (κ3) is 4.62. The lowest BCUT2D eigenvalue weighted by molar-refractivity contribution is -0.144. The van der Waals surface area contributed by atoms with Crippen molar-refractivity contribution in [2.75, 3.05) is 6.54 Å². The van der Waals surface area contributed by atoms with Crippen molar-refractivity contribution in [3.63, 3.8) is 0 Å². The second kappa shape index (κ2) is 7.81. The number of aliphatic carboxylic acids is 1. The summed E-state index contributed by atoms with van der Waals surface area (Å²) < 4.78 is 0. The fraction of sp³-hybridized carbons (Fsp3) is 0.867. The number of thiocarbonyl (C=S) groups is 1. The molecule has 0 bridgehead atoms. The van der Waals surface area contributed by atoms with Crippen molar-refractivity contribution in [2.45, 2.75) is 63.8 Å². The van der Waals surface area contributed by atoms with Gasteiger partial charge < -0.3 is 15.7 Å². The number of nitrogens with one attached hydrogen (secondary N) is 2. The molecule has 3 N–H and O–H groups in total. The molecule has 0 aromatic rings. The van der Waals surface area contributed by atoms with E-state index in [2.05, 4.69) is 10.6 Å². The molecule has 2 aliphatic rings. The zero-order chi connectivity index (χ0) is 14.4. The molecule has 2 aliphatic carbocycles. The molecule has 0 radical (unpaired) electrons. The van der Waals surface area contributed by atoms with Gasteiger partial charge in [0.05, 0.1) is 5.92 Å². The summed E-state index contributed by atoms with van der Waals surface area (Å²) in [6, 6.07) is 0.505. The van der Waals surface area contributed by atoms with Gasteiger partial charge in [-0.3, -0.25) is 4.79 Å². The van der Waals surface area contributed by atoms with E-state index < -0.39 is 5.97 Å². The molecule has 2 saturated carbocycles. The van der Waals surface area contributed by atoms with Crippen molar-refractivity contribution >= 4 is 23.3 Å². The van der Waals surface area contributed by atoms with Crippen LogP contribution in [0.3, 0.4) is 0 Å². The summed E-state index contributed by atoms with van der Waals surface area (Å²) in [6.45, 7) is 0.690. The van der Waals surface area contributed by atoms with Crippen LogP contribution in [0.1, 0.15) is 57.8 Å². The normalized spacial score (nSPS) is 27.8. The summed E-state index contributed by atoms with van der Waals surface area (Å²) >= 11 is 5.34. The lowest BCUT2D eigenvalue weighted by Crippen LogP contribution is -2.45. The minimum Gasteiger partial charge on any atom is -0.481 e. The van der Waals surface area contributed by atoms with Crippen LogP contribution in [0.15, 0.2) is 0 Å². The summed E-state index contributed by atoms with van der Waals surface area (Å²) in [5.41, 5.74) is 0. The molecule has 2 rings (SSSR count). The van der Waals surface area contributed by atoms with Gasteiger partial charge in [-0.15, -0.1) is 0 Å². The highest BCUT2D eigenvalue weighted by atomic mass is 32.1. The Balaban J connectivity index is 1.72. The van der Waals surface area contributed by atoms with E-state index in [1.807, 2.05) is 0 Å². The standard InChI is InChI=1S/C15H26N2O2S/c18-14(19)13-9-5-4-6-11(13)10-16-15(20)17-12-7-2-1-3-8-12/h11-13H,1-10H2,(H,18,19)(H2,16,17,20)/t11-,13-/m0/s1. The predicted molar refractivity (Wildman–Crippen MR) is 83.7 cm³/mol. The molecular weight excluding hydrogens is 272 g/mol. The zero-order valence-corrected chi connectivity index (χ0v) is 12.9. The molecule has 0 amide bonds. The minimum absolute atomic E-state index is 0.200. The van der Waals surface area contributed by atoms with Crippen molar-refractivity contribution in [1.82, 2.24) is 10.6 Å². The molecule has 0 aliphatic heterocycles. The Morgan fingerprint density at radius 1 is 1.05 bits per heavy atom. The second-order valence-corrected chi connectivity index (χ2v) is 6.59. The lowest BCUT2D eigenvalue weighted by atomic mass is 9.79. The number of hydrogen-bond donors (Lipinski definition) is 3. The summed E-state index contributed by atoms with van der Waals surface area (Å²) in [6.07, 6.45) is 10.3. The summed E-state index contributed by atoms with van der Waals surface area (Å²) in [5.74, 6) is -0.635. The van der Waals surface area contributed by atoms with Gasteiger partial charge in [-0.25, -0.2) is 0 Å². The molecule has 114 valence electrons. The summed E-state index contributed by atoms with van der Waals surface area (Å²) in [4.78, 5) is 11.3. The number of hydrogen-bond acceptors (Lipinski definition) is 2. The van der Waals surface area contributed by atoms with Gasteiger partial charge in [0.2, 0.25) is 0 Å². The highest BCUT2D eigenvalue weighted by Gasteiger charge is 2.30. The molecule has 5 heteroatoms. The number of rotatable bonds is 4. The van der Waals surface area contributed by atoms with E-state index in [-0.39, 0.29) is 11.8 Å². The Bertz CT molecular complexity index is 343. The third-order valence-electron chi connectivity index (χ3n) is 4.69. The highest BCUT2D eigenvalue weighted by Crippen LogP contribution is 2.29. The van der Waals surface area contributed by atoms with Crippen LogP contribution in [-0.2, 0) is 4.79 Å². The van der Waals surface area contributed by atoms with Crippen LogP contribution in [0.5, 0.6) is 0 Å². The maximum atomic E-state index is 11.3. The van der Waals surface area contributed by atoms with E-state index in [0.29, 0.717) is 17.7 Å². The van der Waals surface area contributed by atoms with Gasteiger partial charge in [-0.1, -0.05) is 32.1 Å². The Morgan fingerprint density at radius 3 is 2.40 bits per heavy atom. The van der Waals surface area contributed by atoms with E-state index >= 15 is 0 Å². The van der Waals surface area contributed by atoms with Gasteiger partial charge in [-0.05, 0) is 43.8 Å². The monoisotopic (exact) mass is 298 g/mol. The second-order valence-electron chi connectivity index (χ2n) is 6.18. The topological polar surface area (TPSA) is 61.4 Å². The van der Waals surface area contributed by atoms with Crippen molar-refractivity contribution in [3.05, 3.63) is 0 Å². The average molecular weight is 298 g/mol. The van der Waals surface area contributed by atoms with E-state index in [4.69, 9.17) is 12.2 Å². The van der Waals surface area contributed by atoms with Gasteiger partial charge in [-0.2, -0.15) is 0 Å². The Morgan fingerprint density at radius 2 is 1.70 bits per heavy atom. The van der Waals surface area contributed by atoms with Crippen molar-refractivity contribution in [3.8, 4) is 0 Å². The zero-order valence-electron chi connectivity index (χ0n) is 12.1. The third-order valence-corrected chi connectivity index (χ3v) is 4.95. The van der Waals surface area contributed by atoms with Gasteiger partial charge >= 0.3 is 5.97 Å². The average Bonchev–Trinajstić information content (AvgIpc) is 2.46.